The van der Waals surface area contributed by atoms with Gasteiger partial charge in [0.15, 0.2) is 0 Å². The molecular formula is C16H20N2O. The highest BCUT2D eigenvalue weighted by atomic mass is 16.5. The normalized spacial score (nSPS) is 10.2. The molecule has 0 atom stereocenters. The van der Waals surface area contributed by atoms with Crippen molar-refractivity contribution in [2.45, 2.75) is 26.9 Å². The highest BCUT2D eigenvalue weighted by Crippen LogP contribution is 2.16. The summed E-state index contributed by atoms with van der Waals surface area (Å²) in [5, 5.41) is 3.20. The maximum Gasteiger partial charge on any atom is 0.126 e. The average molecular weight is 256 g/mol. The average Bonchev–Trinajstić information content (AvgIpc) is 2.46. The van der Waals surface area contributed by atoms with Gasteiger partial charge in [0.1, 0.15) is 18.2 Å². The van der Waals surface area contributed by atoms with Gasteiger partial charge in [0.2, 0.25) is 0 Å². The highest BCUT2D eigenvalue weighted by Gasteiger charge is 1.99. The largest absolute Gasteiger partial charge is 0.489 e. The van der Waals surface area contributed by atoms with E-state index < -0.39 is 0 Å². The second kappa shape index (κ2) is 6.78. The fourth-order valence-corrected chi connectivity index (χ4v) is 1.86. The van der Waals surface area contributed by atoms with Crippen LogP contribution in [0.2, 0.25) is 0 Å². The van der Waals surface area contributed by atoms with Crippen molar-refractivity contribution in [3.63, 3.8) is 0 Å². The Morgan fingerprint density at radius 2 is 2.00 bits per heavy atom. The first-order valence-electron chi connectivity index (χ1n) is 6.72. The number of nitrogens with zero attached hydrogens (tertiary/aromatic N) is 1. The summed E-state index contributed by atoms with van der Waals surface area (Å²) in [6, 6.07) is 12.2. The lowest BCUT2D eigenvalue weighted by molar-refractivity contribution is 0.306. The monoisotopic (exact) mass is 256 g/mol. The van der Waals surface area contributed by atoms with Crippen molar-refractivity contribution in [3.8, 4) is 5.75 Å². The first kappa shape index (κ1) is 13.4. The van der Waals surface area contributed by atoms with E-state index in [1.807, 2.05) is 24.3 Å². The number of benzene rings is 1. The van der Waals surface area contributed by atoms with Crippen molar-refractivity contribution in [3.05, 3.63) is 53.7 Å². The molecule has 0 fully saturated rings. The Balaban J connectivity index is 1.99. The number of hydrogen-bond donors (Lipinski definition) is 1. The first-order valence-corrected chi connectivity index (χ1v) is 6.72. The van der Waals surface area contributed by atoms with Crippen LogP contribution in [0.5, 0.6) is 5.75 Å². The lowest BCUT2D eigenvalue weighted by Gasteiger charge is -2.09. The van der Waals surface area contributed by atoms with E-state index in [4.69, 9.17) is 4.74 Å². The Hall–Kier alpha value is -2.03. The van der Waals surface area contributed by atoms with Gasteiger partial charge in [0.25, 0.3) is 0 Å². The molecule has 1 N–H and O–H groups in total. The molecule has 3 heteroatoms. The molecule has 0 radical (unpaired) electrons. The molecule has 3 nitrogen and oxygen atoms in total. The van der Waals surface area contributed by atoms with Gasteiger partial charge in [-0.25, -0.2) is 4.98 Å². The third-order valence-corrected chi connectivity index (χ3v) is 2.89. The Morgan fingerprint density at radius 1 is 1.11 bits per heavy atom. The molecule has 0 unspecified atom stereocenters. The molecule has 0 aliphatic heterocycles. The summed E-state index contributed by atoms with van der Waals surface area (Å²) in [4.78, 5) is 4.24. The molecule has 0 amide bonds. The third kappa shape index (κ3) is 3.98. The summed E-state index contributed by atoms with van der Waals surface area (Å²) in [6.45, 7) is 5.63. The van der Waals surface area contributed by atoms with Crippen molar-refractivity contribution < 1.29 is 4.74 Å². The van der Waals surface area contributed by atoms with Gasteiger partial charge in [-0.2, -0.15) is 0 Å². The van der Waals surface area contributed by atoms with Crippen molar-refractivity contribution in [1.82, 2.24) is 4.98 Å². The van der Waals surface area contributed by atoms with E-state index in [9.17, 15) is 0 Å². The van der Waals surface area contributed by atoms with Crippen LogP contribution < -0.4 is 10.1 Å². The summed E-state index contributed by atoms with van der Waals surface area (Å²) < 4.78 is 5.81. The SMILES string of the molecule is CCNc1cc(COc2cccc(CC)c2)ccn1. The fourth-order valence-electron chi connectivity index (χ4n) is 1.86. The van der Waals surface area contributed by atoms with E-state index >= 15 is 0 Å². The molecule has 1 aromatic carbocycles. The van der Waals surface area contributed by atoms with Crippen LogP contribution in [0.15, 0.2) is 42.6 Å². The van der Waals surface area contributed by atoms with Crippen molar-refractivity contribution in [1.29, 1.82) is 0 Å². The Bertz CT molecular complexity index is 526. The van der Waals surface area contributed by atoms with Crippen molar-refractivity contribution in [2.75, 3.05) is 11.9 Å². The molecular weight excluding hydrogens is 236 g/mol. The van der Waals surface area contributed by atoms with Crippen LogP contribution in [0.25, 0.3) is 0 Å². The summed E-state index contributed by atoms with van der Waals surface area (Å²) in [7, 11) is 0. The van der Waals surface area contributed by atoms with Gasteiger partial charge in [-0.3, -0.25) is 0 Å². The predicted octanol–water partition coefficient (Wildman–Crippen LogP) is 3.65. The van der Waals surface area contributed by atoms with Gasteiger partial charge in [-0.05, 0) is 48.7 Å². The molecule has 100 valence electrons. The Morgan fingerprint density at radius 3 is 2.79 bits per heavy atom. The highest BCUT2D eigenvalue weighted by molar-refractivity contribution is 5.37. The zero-order valence-electron chi connectivity index (χ0n) is 11.5. The molecule has 0 spiro atoms. The van der Waals surface area contributed by atoms with Crippen LogP contribution in [0.4, 0.5) is 5.82 Å². The lowest BCUT2D eigenvalue weighted by Crippen LogP contribution is -2.01. The number of ether oxygens (including phenoxy) is 1. The molecule has 2 rings (SSSR count). The van der Waals surface area contributed by atoms with Crippen molar-refractivity contribution >= 4 is 5.82 Å². The number of pyridine rings is 1. The minimum Gasteiger partial charge on any atom is -0.489 e. The van der Waals surface area contributed by atoms with E-state index in [0.717, 1.165) is 30.1 Å². The topological polar surface area (TPSA) is 34.1 Å². The zero-order valence-corrected chi connectivity index (χ0v) is 11.5. The number of aryl methyl sites for hydroxylation is 1. The minimum atomic E-state index is 0.564. The second-order valence-corrected chi connectivity index (χ2v) is 4.37. The molecule has 0 saturated carbocycles. The number of rotatable bonds is 6. The third-order valence-electron chi connectivity index (χ3n) is 2.89. The molecule has 0 aliphatic rings. The maximum absolute atomic E-state index is 5.81. The van der Waals surface area contributed by atoms with Crippen LogP contribution in [-0.2, 0) is 13.0 Å². The number of anilines is 1. The van der Waals surface area contributed by atoms with Crippen molar-refractivity contribution in [2.24, 2.45) is 0 Å². The fraction of sp³-hybridized carbons (Fsp3) is 0.312. The molecule has 19 heavy (non-hydrogen) atoms. The Labute approximate surface area is 114 Å². The van der Waals surface area contributed by atoms with E-state index in [1.54, 1.807) is 6.20 Å². The van der Waals surface area contributed by atoms with E-state index in [1.165, 1.54) is 5.56 Å². The van der Waals surface area contributed by atoms with Crippen LogP contribution in [0.1, 0.15) is 25.0 Å². The van der Waals surface area contributed by atoms with E-state index in [0.29, 0.717) is 6.61 Å². The van der Waals surface area contributed by atoms with Gasteiger partial charge in [-0.1, -0.05) is 19.1 Å². The van der Waals surface area contributed by atoms with Gasteiger partial charge >= 0.3 is 0 Å². The van der Waals surface area contributed by atoms with Crippen LogP contribution in [0.3, 0.4) is 0 Å². The summed E-state index contributed by atoms with van der Waals surface area (Å²) in [6.07, 6.45) is 2.83. The number of hydrogen-bond acceptors (Lipinski definition) is 3. The standard InChI is InChI=1S/C16H20N2O/c1-3-13-6-5-7-15(10-13)19-12-14-8-9-18-16(11-14)17-4-2/h5-11H,3-4,12H2,1-2H3,(H,17,18). The summed E-state index contributed by atoms with van der Waals surface area (Å²) >= 11 is 0. The molecule has 2 aromatic rings. The minimum absolute atomic E-state index is 0.564. The predicted molar refractivity (Wildman–Crippen MR) is 78.6 cm³/mol. The number of aromatic nitrogens is 1. The molecule has 0 bridgehead atoms. The summed E-state index contributed by atoms with van der Waals surface area (Å²) in [5.41, 5.74) is 2.41. The van der Waals surface area contributed by atoms with Crippen LogP contribution >= 0.6 is 0 Å². The smallest absolute Gasteiger partial charge is 0.126 e. The quantitative estimate of drug-likeness (QED) is 0.856. The van der Waals surface area contributed by atoms with Crippen LogP contribution in [0, 0.1) is 0 Å². The van der Waals surface area contributed by atoms with Gasteiger partial charge < -0.3 is 10.1 Å². The molecule has 0 saturated heterocycles. The second-order valence-electron chi connectivity index (χ2n) is 4.37. The van der Waals surface area contributed by atoms with Gasteiger partial charge in [0.05, 0.1) is 0 Å². The van der Waals surface area contributed by atoms with E-state index in [-0.39, 0.29) is 0 Å². The number of nitrogens with one attached hydrogen (secondary N) is 1. The Kier molecular flexibility index (Phi) is 4.78. The first-order chi connectivity index (χ1) is 9.31. The molecule has 1 aromatic heterocycles. The molecule has 1 heterocycles. The van der Waals surface area contributed by atoms with Gasteiger partial charge in [0, 0.05) is 12.7 Å². The zero-order chi connectivity index (χ0) is 13.5. The van der Waals surface area contributed by atoms with Crippen LogP contribution in [-0.4, -0.2) is 11.5 Å². The van der Waals surface area contributed by atoms with Gasteiger partial charge in [-0.15, -0.1) is 0 Å². The maximum atomic E-state index is 5.81. The van der Waals surface area contributed by atoms with E-state index in [2.05, 4.69) is 36.3 Å². The summed E-state index contributed by atoms with van der Waals surface area (Å²) in [5.74, 6) is 1.81. The lowest BCUT2D eigenvalue weighted by atomic mass is 10.2. The molecule has 0 aliphatic carbocycles.